The molecule has 0 aromatic rings. The predicted octanol–water partition coefficient (Wildman–Crippen LogP) is 0.783. The summed E-state index contributed by atoms with van der Waals surface area (Å²) in [6.07, 6.45) is 2.27. The Kier molecular flexibility index (Phi) is 7.99. The third-order valence-corrected chi connectivity index (χ3v) is 4.64. The average Bonchev–Trinajstić information content (AvgIpc) is 2.47. The number of hydrogen-bond acceptors (Lipinski definition) is 5. The zero-order chi connectivity index (χ0) is 15.0. The van der Waals surface area contributed by atoms with Gasteiger partial charge in [-0.05, 0) is 26.7 Å². The van der Waals surface area contributed by atoms with Gasteiger partial charge in [0.25, 0.3) is 0 Å². The van der Waals surface area contributed by atoms with E-state index in [-0.39, 0.29) is 5.54 Å². The molecule has 5 heteroatoms. The van der Waals surface area contributed by atoms with Crippen molar-refractivity contribution < 1.29 is 9.47 Å². The summed E-state index contributed by atoms with van der Waals surface area (Å²) in [5.41, 5.74) is 6.28. The van der Waals surface area contributed by atoms with Crippen LogP contribution in [0.25, 0.3) is 0 Å². The van der Waals surface area contributed by atoms with Crippen LogP contribution in [0.2, 0.25) is 0 Å². The average molecular weight is 287 g/mol. The Balaban J connectivity index is 2.67. The Bertz CT molecular complexity index is 246. The second-order valence-electron chi connectivity index (χ2n) is 6.03. The molecule has 0 saturated carbocycles. The second-order valence-corrected chi connectivity index (χ2v) is 6.03. The molecule has 1 rings (SSSR count). The first-order valence-electron chi connectivity index (χ1n) is 7.76. The molecule has 0 aliphatic carbocycles. The zero-order valence-electron chi connectivity index (χ0n) is 13.7. The van der Waals surface area contributed by atoms with Crippen molar-refractivity contribution >= 4 is 0 Å². The zero-order valence-corrected chi connectivity index (χ0v) is 13.7. The molecule has 1 aliphatic heterocycles. The molecule has 0 spiro atoms. The molecule has 1 aliphatic rings. The molecule has 0 amide bonds. The van der Waals surface area contributed by atoms with Crippen LogP contribution in [0.1, 0.15) is 26.7 Å². The van der Waals surface area contributed by atoms with E-state index in [2.05, 4.69) is 23.6 Å². The first kappa shape index (κ1) is 17.9. The molecule has 0 aromatic carbocycles. The lowest BCUT2D eigenvalue weighted by molar-refractivity contribution is -0.00818. The van der Waals surface area contributed by atoms with Crippen molar-refractivity contribution in [3.05, 3.63) is 0 Å². The number of hydrogen-bond donors (Lipinski definition) is 1. The second kappa shape index (κ2) is 8.95. The summed E-state index contributed by atoms with van der Waals surface area (Å²) in [6, 6.07) is 0.622. The highest BCUT2D eigenvalue weighted by molar-refractivity contribution is 4.96. The standard InChI is InChI=1S/C15H33N3O2/c1-14(2)17-7-5-15(13-16,6-8-17)18(9-11-19-3)10-12-20-4/h14H,5-13,16H2,1-4H3. The highest BCUT2D eigenvalue weighted by Gasteiger charge is 2.38. The van der Waals surface area contributed by atoms with Gasteiger partial charge in [-0.2, -0.15) is 0 Å². The van der Waals surface area contributed by atoms with Crippen LogP contribution in [0.5, 0.6) is 0 Å². The van der Waals surface area contributed by atoms with Crippen molar-refractivity contribution in [2.45, 2.75) is 38.3 Å². The van der Waals surface area contributed by atoms with Crippen molar-refractivity contribution in [2.24, 2.45) is 5.73 Å². The number of rotatable bonds is 9. The van der Waals surface area contributed by atoms with E-state index in [0.29, 0.717) is 12.6 Å². The molecule has 0 atom stereocenters. The molecule has 0 aromatic heterocycles. The Labute approximate surface area is 124 Å². The van der Waals surface area contributed by atoms with Crippen LogP contribution in [0.4, 0.5) is 0 Å². The van der Waals surface area contributed by atoms with E-state index < -0.39 is 0 Å². The highest BCUT2D eigenvalue weighted by atomic mass is 16.5. The van der Waals surface area contributed by atoms with Crippen LogP contribution in [0, 0.1) is 0 Å². The van der Waals surface area contributed by atoms with Gasteiger partial charge >= 0.3 is 0 Å². The topological polar surface area (TPSA) is 51.0 Å². The molecule has 1 saturated heterocycles. The van der Waals surface area contributed by atoms with Gasteiger partial charge in [0.15, 0.2) is 0 Å². The number of ether oxygens (including phenoxy) is 2. The molecular formula is C15H33N3O2. The molecule has 0 radical (unpaired) electrons. The van der Waals surface area contributed by atoms with Crippen LogP contribution in [-0.2, 0) is 9.47 Å². The number of piperidine rings is 1. The predicted molar refractivity (Wildman–Crippen MR) is 83.1 cm³/mol. The van der Waals surface area contributed by atoms with E-state index >= 15 is 0 Å². The van der Waals surface area contributed by atoms with E-state index in [1.54, 1.807) is 14.2 Å². The molecule has 20 heavy (non-hydrogen) atoms. The summed E-state index contributed by atoms with van der Waals surface area (Å²) in [6.45, 7) is 10.9. The number of likely N-dealkylation sites (tertiary alicyclic amines) is 1. The summed E-state index contributed by atoms with van der Waals surface area (Å²) in [4.78, 5) is 5.02. The quantitative estimate of drug-likeness (QED) is 0.679. The molecule has 2 N–H and O–H groups in total. The molecule has 1 heterocycles. The first-order chi connectivity index (χ1) is 9.59. The minimum absolute atomic E-state index is 0.114. The van der Waals surface area contributed by atoms with Crippen molar-refractivity contribution in [3.8, 4) is 0 Å². The lowest BCUT2D eigenvalue weighted by atomic mass is 9.85. The van der Waals surface area contributed by atoms with Gasteiger partial charge < -0.3 is 20.1 Å². The van der Waals surface area contributed by atoms with E-state index in [9.17, 15) is 0 Å². The summed E-state index contributed by atoms with van der Waals surface area (Å²) in [5.74, 6) is 0. The molecule has 5 nitrogen and oxygen atoms in total. The van der Waals surface area contributed by atoms with Gasteiger partial charge in [0, 0.05) is 58.5 Å². The normalized spacial score (nSPS) is 19.9. The highest BCUT2D eigenvalue weighted by Crippen LogP contribution is 2.28. The molecule has 0 unspecified atom stereocenters. The Morgan fingerprint density at radius 2 is 1.60 bits per heavy atom. The fourth-order valence-corrected chi connectivity index (χ4v) is 3.10. The maximum atomic E-state index is 6.16. The Morgan fingerprint density at radius 3 is 1.95 bits per heavy atom. The molecular weight excluding hydrogens is 254 g/mol. The minimum atomic E-state index is 0.114. The van der Waals surface area contributed by atoms with E-state index in [4.69, 9.17) is 15.2 Å². The van der Waals surface area contributed by atoms with Gasteiger partial charge in [-0.1, -0.05) is 0 Å². The van der Waals surface area contributed by atoms with Crippen molar-refractivity contribution in [3.63, 3.8) is 0 Å². The van der Waals surface area contributed by atoms with Crippen LogP contribution in [0.3, 0.4) is 0 Å². The van der Waals surface area contributed by atoms with Crippen LogP contribution in [-0.4, -0.2) is 81.5 Å². The molecule has 0 bridgehead atoms. The molecule has 1 fully saturated rings. The largest absolute Gasteiger partial charge is 0.383 e. The third-order valence-electron chi connectivity index (χ3n) is 4.64. The summed E-state index contributed by atoms with van der Waals surface area (Å²) in [5, 5.41) is 0. The number of nitrogens with two attached hydrogens (primary N) is 1. The van der Waals surface area contributed by atoms with Crippen LogP contribution < -0.4 is 5.73 Å². The maximum Gasteiger partial charge on any atom is 0.0589 e. The Morgan fingerprint density at radius 1 is 1.10 bits per heavy atom. The van der Waals surface area contributed by atoms with Crippen molar-refractivity contribution in [1.82, 2.24) is 9.80 Å². The van der Waals surface area contributed by atoms with Crippen molar-refractivity contribution in [1.29, 1.82) is 0 Å². The SMILES string of the molecule is COCCN(CCOC)C1(CN)CCN(C(C)C)CC1. The first-order valence-corrected chi connectivity index (χ1v) is 7.76. The van der Waals surface area contributed by atoms with E-state index in [1.165, 1.54) is 0 Å². The summed E-state index contributed by atoms with van der Waals surface area (Å²) >= 11 is 0. The third kappa shape index (κ3) is 4.67. The van der Waals surface area contributed by atoms with Gasteiger partial charge in [0.05, 0.1) is 13.2 Å². The van der Waals surface area contributed by atoms with Crippen LogP contribution >= 0.6 is 0 Å². The fourth-order valence-electron chi connectivity index (χ4n) is 3.10. The van der Waals surface area contributed by atoms with Crippen molar-refractivity contribution in [2.75, 3.05) is 60.2 Å². The maximum absolute atomic E-state index is 6.16. The lowest BCUT2D eigenvalue weighted by Crippen LogP contribution is -2.61. The van der Waals surface area contributed by atoms with E-state index in [1.807, 2.05) is 0 Å². The number of methoxy groups -OCH3 is 2. The summed E-state index contributed by atoms with van der Waals surface area (Å²) in [7, 11) is 3.51. The Hall–Kier alpha value is -0.200. The monoisotopic (exact) mass is 287 g/mol. The van der Waals surface area contributed by atoms with Gasteiger partial charge in [-0.15, -0.1) is 0 Å². The minimum Gasteiger partial charge on any atom is -0.383 e. The van der Waals surface area contributed by atoms with Gasteiger partial charge in [-0.3, -0.25) is 4.90 Å². The molecule has 120 valence electrons. The fraction of sp³-hybridized carbons (Fsp3) is 1.00. The van der Waals surface area contributed by atoms with Gasteiger partial charge in [0.1, 0.15) is 0 Å². The van der Waals surface area contributed by atoms with Gasteiger partial charge in [0.2, 0.25) is 0 Å². The number of nitrogens with zero attached hydrogens (tertiary/aromatic N) is 2. The van der Waals surface area contributed by atoms with Gasteiger partial charge in [-0.25, -0.2) is 0 Å². The smallest absolute Gasteiger partial charge is 0.0589 e. The van der Waals surface area contributed by atoms with E-state index in [0.717, 1.165) is 52.2 Å². The summed E-state index contributed by atoms with van der Waals surface area (Å²) < 4.78 is 10.5. The van der Waals surface area contributed by atoms with Crippen LogP contribution in [0.15, 0.2) is 0 Å². The lowest BCUT2D eigenvalue weighted by Gasteiger charge is -2.49.